The summed E-state index contributed by atoms with van der Waals surface area (Å²) >= 11 is 0. The van der Waals surface area contributed by atoms with Crippen molar-refractivity contribution in [3.8, 4) is 11.8 Å². The Morgan fingerprint density at radius 1 is 1.56 bits per heavy atom. The van der Waals surface area contributed by atoms with Crippen LogP contribution in [0.25, 0.3) is 0 Å². The van der Waals surface area contributed by atoms with E-state index in [0.29, 0.717) is 11.3 Å². The summed E-state index contributed by atoms with van der Waals surface area (Å²) in [7, 11) is 0. The number of hydrogen-bond donors (Lipinski definition) is 2. The number of hydrazine groups is 1. The van der Waals surface area contributed by atoms with Gasteiger partial charge >= 0.3 is 0 Å². The molecule has 0 aliphatic rings. The van der Waals surface area contributed by atoms with Gasteiger partial charge in [-0.15, -0.1) is 0 Å². The lowest BCUT2D eigenvalue weighted by Crippen LogP contribution is -2.44. The quantitative estimate of drug-likeness (QED) is 0.476. The number of nitrogens with two attached hydrogens (primary N) is 1. The standard InChI is InChI=1S/C13H17N3O2/c1-9-4-5-10(7-14)6-11(9)18-8-13(2,3)12(17)16-15/h4-6H,8,15H2,1-3H3,(H,16,17). The molecular weight excluding hydrogens is 230 g/mol. The maximum atomic E-state index is 11.5. The lowest BCUT2D eigenvalue weighted by atomic mass is 9.94. The molecule has 0 aliphatic carbocycles. The van der Waals surface area contributed by atoms with Gasteiger partial charge in [-0.1, -0.05) is 6.07 Å². The Hall–Kier alpha value is -2.06. The van der Waals surface area contributed by atoms with Crippen molar-refractivity contribution in [2.45, 2.75) is 20.8 Å². The molecule has 1 aromatic carbocycles. The molecule has 5 heteroatoms. The van der Waals surface area contributed by atoms with E-state index in [0.717, 1.165) is 5.56 Å². The minimum Gasteiger partial charge on any atom is -0.492 e. The van der Waals surface area contributed by atoms with Crippen LogP contribution in [-0.4, -0.2) is 12.5 Å². The molecule has 96 valence electrons. The molecule has 0 saturated carbocycles. The molecule has 0 fully saturated rings. The predicted molar refractivity (Wildman–Crippen MR) is 67.5 cm³/mol. The van der Waals surface area contributed by atoms with E-state index in [9.17, 15) is 4.79 Å². The molecule has 5 nitrogen and oxygen atoms in total. The Balaban J connectivity index is 2.81. The van der Waals surface area contributed by atoms with Gasteiger partial charge in [-0.3, -0.25) is 10.2 Å². The molecule has 0 saturated heterocycles. The maximum Gasteiger partial charge on any atom is 0.242 e. The van der Waals surface area contributed by atoms with Crippen LogP contribution in [0.1, 0.15) is 25.0 Å². The van der Waals surface area contributed by atoms with Crippen molar-refractivity contribution in [1.29, 1.82) is 5.26 Å². The molecule has 1 rings (SSSR count). The first-order valence-corrected chi connectivity index (χ1v) is 5.55. The zero-order chi connectivity index (χ0) is 13.8. The van der Waals surface area contributed by atoms with E-state index in [-0.39, 0.29) is 12.5 Å². The van der Waals surface area contributed by atoms with E-state index in [4.69, 9.17) is 15.8 Å². The summed E-state index contributed by atoms with van der Waals surface area (Å²) < 4.78 is 5.60. The third-order valence-corrected chi connectivity index (χ3v) is 2.65. The van der Waals surface area contributed by atoms with Crippen molar-refractivity contribution < 1.29 is 9.53 Å². The molecule has 1 aromatic rings. The lowest BCUT2D eigenvalue weighted by molar-refractivity contribution is -0.130. The van der Waals surface area contributed by atoms with Gasteiger partial charge in [0, 0.05) is 0 Å². The highest BCUT2D eigenvalue weighted by Crippen LogP contribution is 2.23. The van der Waals surface area contributed by atoms with Gasteiger partial charge in [-0.2, -0.15) is 5.26 Å². The molecule has 0 radical (unpaired) electrons. The Labute approximate surface area is 107 Å². The Kier molecular flexibility index (Phi) is 4.29. The fourth-order valence-electron chi connectivity index (χ4n) is 1.34. The van der Waals surface area contributed by atoms with Crippen LogP contribution in [-0.2, 0) is 4.79 Å². The largest absolute Gasteiger partial charge is 0.492 e. The van der Waals surface area contributed by atoms with Crippen LogP contribution < -0.4 is 16.0 Å². The molecule has 0 spiro atoms. The number of amides is 1. The molecular formula is C13H17N3O2. The zero-order valence-corrected chi connectivity index (χ0v) is 10.8. The van der Waals surface area contributed by atoms with Crippen molar-refractivity contribution in [3.05, 3.63) is 29.3 Å². The normalized spacial score (nSPS) is 10.6. The van der Waals surface area contributed by atoms with Crippen LogP contribution in [0.2, 0.25) is 0 Å². The van der Waals surface area contributed by atoms with Crippen molar-refractivity contribution in [3.63, 3.8) is 0 Å². The van der Waals surface area contributed by atoms with Crippen LogP contribution in [0.3, 0.4) is 0 Å². The molecule has 0 aliphatic heterocycles. The molecule has 0 atom stereocenters. The third-order valence-electron chi connectivity index (χ3n) is 2.65. The molecule has 0 aromatic heterocycles. The monoisotopic (exact) mass is 247 g/mol. The highest BCUT2D eigenvalue weighted by atomic mass is 16.5. The minimum absolute atomic E-state index is 0.186. The number of rotatable bonds is 4. The van der Waals surface area contributed by atoms with E-state index in [2.05, 4.69) is 5.43 Å². The van der Waals surface area contributed by atoms with Crippen LogP contribution in [0.5, 0.6) is 5.75 Å². The first kappa shape index (κ1) is 14.0. The first-order chi connectivity index (χ1) is 8.40. The van der Waals surface area contributed by atoms with Crippen molar-refractivity contribution in [2.75, 3.05) is 6.61 Å². The summed E-state index contributed by atoms with van der Waals surface area (Å²) in [5.41, 5.74) is 2.81. The summed E-state index contributed by atoms with van der Waals surface area (Å²) in [4.78, 5) is 11.5. The van der Waals surface area contributed by atoms with Crippen LogP contribution in [0.15, 0.2) is 18.2 Å². The Morgan fingerprint density at radius 3 is 2.78 bits per heavy atom. The van der Waals surface area contributed by atoms with Gasteiger partial charge in [-0.05, 0) is 38.5 Å². The number of carbonyl (C=O) groups excluding carboxylic acids is 1. The van der Waals surface area contributed by atoms with E-state index in [1.54, 1.807) is 26.0 Å². The number of benzene rings is 1. The molecule has 0 heterocycles. The van der Waals surface area contributed by atoms with Crippen molar-refractivity contribution in [2.24, 2.45) is 11.3 Å². The highest BCUT2D eigenvalue weighted by molar-refractivity contribution is 5.81. The first-order valence-electron chi connectivity index (χ1n) is 5.55. The number of aryl methyl sites for hydroxylation is 1. The molecule has 0 unspecified atom stereocenters. The third kappa shape index (κ3) is 3.22. The zero-order valence-electron chi connectivity index (χ0n) is 10.8. The maximum absolute atomic E-state index is 11.5. The van der Waals surface area contributed by atoms with E-state index < -0.39 is 5.41 Å². The van der Waals surface area contributed by atoms with Gasteiger partial charge in [-0.25, -0.2) is 5.84 Å². The number of nitrogens with zero attached hydrogens (tertiary/aromatic N) is 1. The van der Waals surface area contributed by atoms with Gasteiger partial charge in [0.2, 0.25) is 5.91 Å². The highest BCUT2D eigenvalue weighted by Gasteiger charge is 2.28. The molecule has 18 heavy (non-hydrogen) atoms. The number of ether oxygens (including phenoxy) is 1. The number of nitrogens with one attached hydrogen (secondary N) is 1. The second kappa shape index (κ2) is 5.52. The van der Waals surface area contributed by atoms with E-state index in [1.807, 2.05) is 19.1 Å². The van der Waals surface area contributed by atoms with Crippen LogP contribution >= 0.6 is 0 Å². The van der Waals surface area contributed by atoms with Crippen LogP contribution in [0.4, 0.5) is 0 Å². The number of nitriles is 1. The molecule has 3 N–H and O–H groups in total. The minimum atomic E-state index is -0.732. The lowest BCUT2D eigenvalue weighted by Gasteiger charge is -2.23. The summed E-state index contributed by atoms with van der Waals surface area (Å²) in [6.45, 7) is 5.54. The summed E-state index contributed by atoms with van der Waals surface area (Å²) in [6.07, 6.45) is 0. The summed E-state index contributed by atoms with van der Waals surface area (Å²) in [6, 6.07) is 7.24. The average Bonchev–Trinajstić information content (AvgIpc) is 2.36. The van der Waals surface area contributed by atoms with E-state index >= 15 is 0 Å². The summed E-state index contributed by atoms with van der Waals surface area (Å²) in [5.74, 6) is 5.41. The summed E-state index contributed by atoms with van der Waals surface area (Å²) in [5, 5.41) is 8.82. The Bertz CT molecular complexity index is 489. The predicted octanol–water partition coefficient (Wildman–Crippen LogP) is 1.26. The molecule has 0 bridgehead atoms. The Morgan fingerprint density at radius 2 is 2.22 bits per heavy atom. The number of carbonyl (C=O) groups is 1. The van der Waals surface area contributed by atoms with Gasteiger partial charge in [0.15, 0.2) is 0 Å². The molecule has 1 amide bonds. The van der Waals surface area contributed by atoms with Gasteiger partial charge in [0.1, 0.15) is 12.4 Å². The van der Waals surface area contributed by atoms with Gasteiger partial charge < -0.3 is 4.74 Å². The smallest absolute Gasteiger partial charge is 0.242 e. The van der Waals surface area contributed by atoms with E-state index in [1.165, 1.54) is 0 Å². The second-order valence-corrected chi connectivity index (χ2v) is 4.74. The van der Waals surface area contributed by atoms with Crippen molar-refractivity contribution in [1.82, 2.24) is 5.43 Å². The fourth-order valence-corrected chi connectivity index (χ4v) is 1.34. The van der Waals surface area contributed by atoms with Gasteiger partial charge in [0.25, 0.3) is 0 Å². The van der Waals surface area contributed by atoms with Gasteiger partial charge in [0.05, 0.1) is 17.0 Å². The average molecular weight is 247 g/mol. The second-order valence-electron chi connectivity index (χ2n) is 4.74. The van der Waals surface area contributed by atoms with Crippen molar-refractivity contribution >= 4 is 5.91 Å². The van der Waals surface area contributed by atoms with Crippen LogP contribution in [0, 0.1) is 23.7 Å². The number of hydrogen-bond acceptors (Lipinski definition) is 4. The fraction of sp³-hybridized carbons (Fsp3) is 0.385. The SMILES string of the molecule is Cc1ccc(C#N)cc1OCC(C)(C)C(=O)NN. The topological polar surface area (TPSA) is 88.1 Å².